The molecule has 0 aromatic heterocycles. The quantitative estimate of drug-likeness (QED) is 0.106. The summed E-state index contributed by atoms with van der Waals surface area (Å²) >= 11 is 0. The van der Waals surface area contributed by atoms with Gasteiger partial charge in [0.15, 0.2) is 0 Å². The summed E-state index contributed by atoms with van der Waals surface area (Å²) in [6, 6.07) is 32.2. The van der Waals surface area contributed by atoms with Crippen LogP contribution in [0.2, 0.25) is 13.1 Å². The van der Waals surface area contributed by atoms with Gasteiger partial charge in [0.25, 0.3) is 0 Å². The third kappa shape index (κ3) is 9.66. The van der Waals surface area contributed by atoms with Gasteiger partial charge in [-0.25, -0.2) is 0 Å². The summed E-state index contributed by atoms with van der Waals surface area (Å²) in [5, 5.41) is 5.56. The monoisotopic (exact) mass is 816 g/mol. The van der Waals surface area contributed by atoms with Crippen LogP contribution in [0.1, 0.15) is 84.0 Å². The molecule has 250 valence electrons. The maximum Gasteiger partial charge on any atom is 0.0307 e. The van der Waals surface area contributed by atoms with Crippen molar-refractivity contribution in [2.45, 2.75) is 107 Å². The normalized spacial score (nSPS) is 10.7. The molecule has 0 fully saturated rings. The van der Waals surface area contributed by atoms with E-state index in [1.807, 2.05) is 0 Å². The number of aryl methyl sites for hydroxylation is 6. The molecular formula is C46H56HfSi-2. The first-order chi connectivity index (χ1) is 22.6. The zero-order valence-corrected chi connectivity index (χ0v) is 35.9. The fourth-order valence-corrected chi connectivity index (χ4v) is 6.75. The number of rotatable bonds is 8. The minimum Gasteiger partial charge on any atom is -0.164 e. The Kier molecular flexibility index (Phi) is 15.5. The summed E-state index contributed by atoms with van der Waals surface area (Å²) in [5.41, 5.74) is 16.7. The van der Waals surface area contributed by atoms with E-state index in [2.05, 4.69) is 153 Å². The van der Waals surface area contributed by atoms with Crippen LogP contribution in [0.3, 0.4) is 0 Å². The van der Waals surface area contributed by atoms with E-state index in [0.717, 1.165) is 9.52 Å². The average Bonchev–Trinajstić information content (AvgIpc) is 3.67. The minimum atomic E-state index is 0. The zero-order valence-electron chi connectivity index (χ0n) is 31.3. The Bertz CT molecular complexity index is 1780. The van der Waals surface area contributed by atoms with E-state index in [0.29, 0.717) is 0 Å². The molecule has 0 aliphatic carbocycles. The number of unbranched alkanes of at least 4 members (excludes halogenated alkanes) is 2. The van der Waals surface area contributed by atoms with Crippen LogP contribution in [0.15, 0.2) is 84.9 Å². The van der Waals surface area contributed by atoms with Crippen molar-refractivity contribution in [3.8, 4) is 22.3 Å². The Morgan fingerprint density at radius 3 is 1.25 bits per heavy atom. The molecule has 2 heteroatoms. The van der Waals surface area contributed by atoms with Crippen molar-refractivity contribution < 1.29 is 25.8 Å². The van der Waals surface area contributed by atoms with Crippen LogP contribution in [-0.4, -0.2) is 9.52 Å². The van der Waals surface area contributed by atoms with Crippen molar-refractivity contribution in [2.75, 3.05) is 0 Å². The molecule has 0 spiro atoms. The van der Waals surface area contributed by atoms with Crippen LogP contribution in [0.5, 0.6) is 0 Å². The molecule has 0 aliphatic rings. The van der Waals surface area contributed by atoms with Crippen LogP contribution in [0.25, 0.3) is 43.8 Å². The zero-order chi connectivity index (χ0) is 34.1. The maximum absolute atomic E-state index is 2.40. The van der Waals surface area contributed by atoms with E-state index in [1.54, 1.807) is 0 Å². The molecule has 0 amide bonds. The Balaban J connectivity index is 0.000000236. The van der Waals surface area contributed by atoms with Crippen LogP contribution in [-0.2, 0) is 38.7 Å². The Morgan fingerprint density at radius 2 is 0.896 bits per heavy atom. The van der Waals surface area contributed by atoms with Crippen molar-refractivity contribution in [3.05, 3.63) is 129 Å². The molecule has 6 aromatic rings. The molecule has 0 atom stereocenters. The summed E-state index contributed by atoms with van der Waals surface area (Å²) < 4.78 is 0. The molecule has 0 saturated carbocycles. The van der Waals surface area contributed by atoms with Crippen molar-refractivity contribution in [1.82, 2.24) is 0 Å². The SMILES string of the molecule is CCCCc1cc2c(-c3cc(C)cc(C)c3C)cccc2[cH-]1.CCCCc1cc2c(-c3cc(C)cc(C)c3C)cccc2[cH-]1.C[Si]C.[Hf]. The summed E-state index contributed by atoms with van der Waals surface area (Å²) in [4.78, 5) is 0. The predicted molar refractivity (Wildman–Crippen MR) is 213 cm³/mol. The largest absolute Gasteiger partial charge is 0.164 e. The molecule has 0 aliphatic heterocycles. The molecule has 0 bridgehead atoms. The third-order valence-corrected chi connectivity index (χ3v) is 9.46. The first-order valence-electron chi connectivity index (χ1n) is 17.7. The van der Waals surface area contributed by atoms with E-state index in [-0.39, 0.29) is 25.8 Å². The fraction of sp³-hybridized carbons (Fsp3) is 0.348. The van der Waals surface area contributed by atoms with E-state index in [1.165, 1.54) is 127 Å². The molecule has 0 N–H and O–H groups in total. The Labute approximate surface area is 313 Å². The van der Waals surface area contributed by atoms with Gasteiger partial charge in [-0.3, -0.25) is 0 Å². The molecule has 0 heterocycles. The summed E-state index contributed by atoms with van der Waals surface area (Å²) in [7, 11) is 1.08. The van der Waals surface area contributed by atoms with Gasteiger partial charge in [0.2, 0.25) is 0 Å². The molecule has 6 aromatic carbocycles. The van der Waals surface area contributed by atoms with Crippen molar-refractivity contribution in [3.63, 3.8) is 0 Å². The van der Waals surface area contributed by atoms with Gasteiger partial charge in [-0.15, -0.1) is 69.1 Å². The van der Waals surface area contributed by atoms with Gasteiger partial charge >= 0.3 is 0 Å². The minimum absolute atomic E-state index is 0. The summed E-state index contributed by atoms with van der Waals surface area (Å²) in [6.45, 7) is 22.1. The molecule has 0 nitrogen and oxygen atoms in total. The molecule has 2 radical (unpaired) electrons. The molecule has 0 unspecified atom stereocenters. The summed E-state index contributed by atoms with van der Waals surface area (Å²) in [6.07, 6.45) is 7.44. The van der Waals surface area contributed by atoms with Crippen LogP contribution >= 0.6 is 0 Å². The van der Waals surface area contributed by atoms with E-state index in [9.17, 15) is 0 Å². The maximum atomic E-state index is 2.40. The number of hydrogen-bond donors (Lipinski definition) is 0. The van der Waals surface area contributed by atoms with Crippen LogP contribution in [0, 0.1) is 41.5 Å². The van der Waals surface area contributed by atoms with E-state index < -0.39 is 0 Å². The molecular weight excluding hydrogens is 759 g/mol. The van der Waals surface area contributed by atoms with Crippen molar-refractivity contribution >= 4 is 31.1 Å². The van der Waals surface area contributed by atoms with Gasteiger partial charge in [0.05, 0.1) is 0 Å². The van der Waals surface area contributed by atoms with Gasteiger partial charge in [0.1, 0.15) is 0 Å². The van der Waals surface area contributed by atoms with Crippen molar-refractivity contribution in [1.29, 1.82) is 0 Å². The Morgan fingerprint density at radius 1 is 0.521 bits per heavy atom. The first-order valence-corrected chi connectivity index (χ1v) is 19.7. The van der Waals surface area contributed by atoms with Gasteiger partial charge in [-0.05, 0) is 87.8 Å². The van der Waals surface area contributed by atoms with Gasteiger partial charge < -0.3 is 0 Å². The fourth-order valence-electron chi connectivity index (χ4n) is 6.75. The standard InChI is InChI=1S/2C22H25.C2H6Si.Hf/c2*1-5-6-8-18-13-19-9-7-10-20(22(19)14-18)21-12-15(2)11-16(3)17(21)4;1-3-2;/h2*7,9-14H,5-6,8H2,1-4H3;1-2H3;/q2*-1;;. The second kappa shape index (κ2) is 18.8. The van der Waals surface area contributed by atoms with Crippen LogP contribution in [0.4, 0.5) is 0 Å². The topological polar surface area (TPSA) is 0 Å². The Hall–Kier alpha value is -2.81. The predicted octanol–water partition coefficient (Wildman–Crippen LogP) is 13.8. The van der Waals surface area contributed by atoms with E-state index >= 15 is 0 Å². The van der Waals surface area contributed by atoms with Gasteiger partial charge in [-0.1, -0.05) is 111 Å². The smallest absolute Gasteiger partial charge is 0.0307 e. The second-order valence-corrected chi connectivity index (χ2v) is 14.6. The van der Waals surface area contributed by atoms with Gasteiger partial charge in [-0.2, -0.15) is 12.1 Å². The first kappa shape index (κ1) is 39.6. The number of fused-ring (bicyclic) bond motifs is 2. The van der Waals surface area contributed by atoms with Crippen molar-refractivity contribution in [2.24, 2.45) is 0 Å². The molecule has 48 heavy (non-hydrogen) atoms. The van der Waals surface area contributed by atoms with Gasteiger partial charge in [0, 0.05) is 35.4 Å². The molecule has 6 rings (SSSR count). The van der Waals surface area contributed by atoms with E-state index in [4.69, 9.17) is 0 Å². The summed E-state index contributed by atoms with van der Waals surface area (Å²) in [5.74, 6) is 0. The third-order valence-electron chi connectivity index (χ3n) is 9.46. The number of benzene rings is 4. The van der Waals surface area contributed by atoms with Crippen LogP contribution < -0.4 is 0 Å². The average molecular weight is 816 g/mol. The number of hydrogen-bond acceptors (Lipinski definition) is 0. The second-order valence-electron chi connectivity index (χ2n) is 13.6. The molecule has 0 saturated heterocycles.